The minimum absolute atomic E-state index is 0.0151. The molecule has 7 nitrogen and oxygen atoms in total. The van der Waals surface area contributed by atoms with E-state index in [1.54, 1.807) is 12.1 Å². The number of pyridine rings is 1. The van der Waals surface area contributed by atoms with Crippen LogP contribution in [0.15, 0.2) is 56.5 Å². The number of likely N-dealkylation sites (tertiary alicyclic amines) is 1. The Morgan fingerprint density at radius 1 is 1.17 bits per heavy atom. The number of amides is 1. The Kier molecular flexibility index (Phi) is 5.87. The second-order valence-electron chi connectivity index (χ2n) is 10.0. The number of piperidine rings is 1. The Morgan fingerprint density at radius 2 is 1.97 bits per heavy atom. The zero-order chi connectivity index (χ0) is 24.9. The van der Waals surface area contributed by atoms with Gasteiger partial charge in [0.1, 0.15) is 17.9 Å². The van der Waals surface area contributed by atoms with E-state index in [4.69, 9.17) is 9.15 Å². The number of aromatic nitrogens is 1. The molecule has 2 aliphatic rings. The van der Waals surface area contributed by atoms with Crippen molar-refractivity contribution in [2.24, 2.45) is 5.92 Å². The van der Waals surface area contributed by atoms with Gasteiger partial charge >= 0.3 is 5.63 Å². The average molecular weight is 475 g/mol. The molecule has 2 aliphatic heterocycles. The first-order valence-corrected chi connectivity index (χ1v) is 12.0. The van der Waals surface area contributed by atoms with Gasteiger partial charge in [0.25, 0.3) is 5.56 Å². The van der Waals surface area contributed by atoms with Crippen molar-refractivity contribution in [1.29, 1.82) is 0 Å². The number of nitrogens with zero attached hydrogens (tertiary/aromatic N) is 2. The molecule has 1 aromatic carbocycles. The van der Waals surface area contributed by atoms with Crippen LogP contribution in [0.2, 0.25) is 0 Å². The number of carbonyl (C=O) groups is 1. The molecule has 4 heterocycles. The summed E-state index contributed by atoms with van der Waals surface area (Å²) in [6, 6.07) is 9.08. The number of aryl methyl sites for hydroxylation is 2. The van der Waals surface area contributed by atoms with Gasteiger partial charge in [-0.05, 0) is 68.0 Å². The first-order valence-electron chi connectivity index (χ1n) is 12.0. The van der Waals surface area contributed by atoms with Crippen LogP contribution in [0.5, 0.6) is 5.75 Å². The molecule has 7 heteroatoms. The van der Waals surface area contributed by atoms with E-state index < -0.39 is 5.63 Å². The molecule has 1 amide bonds. The fourth-order valence-electron chi connectivity index (χ4n) is 5.52. The molecule has 35 heavy (non-hydrogen) atoms. The molecule has 2 bridgehead atoms. The van der Waals surface area contributed by atoms with Crippen LogP contribution < -0.4 is 15.9 Å². The van der Waals surface area contributed by atoms with Crippen LogP contribution in [-0.4, -0.2) is 35.1 Å². The fraction of sp³-hybridized carbons (Fsp3) is 0.393. The summed E-state index contributed by atoms with van der Waals surface area (Å²) >= 11 is 0. The van der Waals surface area contributed by atoms with Gasteiger partial charge in [-0.15, -0.1) is 0 Å². The Bertz CT molecular complexity index is 1460. The highest BCUT2D eigenvalue weighted by atomic mass is 16.5. The van der Waals surface area contributed by atoms with Gasteiger partial charge in [0.2, 0.25) is 5.91 Å². The molecule has 0 saturated carbocycles. The second kappa shape index (κ2) is 8.87. The average Bonchev–Trinajstić information content (AvgIpc) is 2.80. The smallest absolute Gasteiger partial charge is 0.340 e. The second-order valence-corrected chi connectivity index (χ2v) is 10.0. The van der Waals surface area contributed by atoms with Crippen molar-refractivity contribution in [2.75, 3.05) is 19.7 Å². The minimum Gasteiger partial charge on any atom is -0.488 e. The van der Waals surface area contributed by atoms with Crippen LogP contribution in [0.25, 0.3) is 11.0 Å². The molecular formula is C28H30N2O5. The molecule has 0 aliphatic carbocycles. The van der Waals surface area contributed by atoms with Gasteiger partial charge < -0.3 is 18.6 Å². The fourth-order valence-corrected chi connectivity index (χ4v) is 5.52. The molecule has 1 fully saturated rings. The molecule has 1 saturated heterocycles. The molecule has 2 aromatic heterocycles. The number of ether oxygens (including phenoxy) is 1. The zero-order valence-corrected chi connectivity index (χ0v) is 20.4. The van der Waals surface area contributed by atoms with E-state index >= 15 is 0 Å². The third-order valence-corrected chi connectivity index (χ3v) is 7.12. The molecule has 5 rings (SSSR count). The summed E-state index contributed by atoms with van der Waals surface area (Å²) < 4.78 is 13.5. The topological polar surface area (TPSA) is 81.8 Å². The van der Waals surface area contributed by atoms with Crippen LogP contribution in [0.4, 0.5) is 0 Å². The minimum atomic E-state index is -0.492. The predicted octanol–water partition coefficient (Wildman–Crippen LogP) is 3.71. The highest BCUT2D eigenvalue weighted by Crippen LogP contribution is 2.36. The number of carbonyl (C=O) groups excluding carboxylic acids is 1. The van der Waals surface area contributed by atoms with Crippen LogP contribution in [0, 0.1) is 19.8 Å². The van der Waals surface area contributed by atoms with Gasteiger partial charge in [0.15, 0.2) is 0 Å². The summed E-state index contributed by atoms with van der Waals surface area (Å²) in [5.74, 6) is 0.870. The summed E-state index contributed by atoms with van der Waals surface area (Å²) in [4.78, 5) is 40.5. The van der Waals surface area contributed by atoms with E-state index in [1.165, 1.54) is 0 Å². The maximum atomic E-state index is 13.4. The van der Waals surface area contributed by atoms with E-state index in [0.717, 1.165) is 23.3 Å². The molecule has 0 radical (unpaired) electrons. The quantitative estimate of drug-likeness (QED) is 0.416. The van der Waals surface area contributed by atoms with Crippen molar-refractivity contribution in [3.8, 4) is 5.75 Å². The molecule has 182 valence electrons. The highest BCUT2D eigenvalue weighted by molar-refractivity contribution is 5.89. The molecule has 0 unspecified atom stereocenters. The summed E-state index contributed by atoms with van der Waals surface area (Å²) in [6.07, 6.45) is 0.937. The number of hydrogen-bond acceptors (Lipinski definition) is 5. The molecular weight excluding hydrogens is 444 g/mol. The standard InChI is InChI=1S/C28H30N2O5/c1-16(2)15-34-23-8-17(3)9-24-27(23)18(4)21(28(33)35-24)11-26(32)29-12-19-10-20(14-29)22-6-5-7-25(31)30(22)13-19/h5-9,19-20H,1,10-15H2,2-4H3/t19-,20-/m0/s1. The molecule has 2 atom stereocenters. The number of fused-ring (bicyclic) bond motifs is 5. The Labute approximate surface area is 203 Å². The lowest BCUT2D eigenvalue weighted by atomic mass is 9.83. The summed E-state index contributed by atoms with van der Waals surface area (Å²) in [5.41, 5.74) is 3.83. The third-order valence-electron chi connectivity index (χ3n) is 7.12. The van der Waals surface area contributed by atoms with Crippen LogP contribution in [-0.2, 0) is 17.8 Å². The Morgan fingerprint density at radius 3 is 2.74 bits per heavy atom. The first kappa shape index (κ1) is 23.1. The van der Waals surface area contributed by atoms with E-state index in [0.29, 0.717) is 54.1 Å². The lowest BCUT2D eigenvalue weighted by Gasteiger charge is -2.42. The van der Waals surface area contributed by atoms with Gasteiger partial charge in [-0.2, -0.15) is 0 Å². The molecule has 3 aromatic rings. The normalized spacial score (nSPS) is 18.9. The van der Waals surface area contributed by atoms with Crippen molar-refractivity contribution >= 4 is 16.9 Å². The summed E-state index contributed by atoms with van der Waals surface area (Å²) in [5, 5.41) is 0.711. The third kappa shape index (κ3) is 4.31. The van der Waals surface area contributed by atoms with Gasteiger partial charge in [0, 0.05) is 37.3 Å². The van der Waals surface area contributed by atoms with Gasteiger partial charge in [-0.1, -0.05) is 12.6 Å². The monoisotopic (exact) mass is 474 g/mol. The SMILES string of the molecule is C=C(C)COc1cc(C)cc2oc(=O)c(CC(=O)N3C[C@@H]4C[C@@H](C3)c3cccc(=O)n3C4)c(C)c12. The van der Waals surface area contributed by atoms with Crippen molar-refractivity contribution in [3.05, 3.63) is 85.6 Å². The van der Waals surface area contributed by atoms with Crippen molar-refractivity contribution in [2.45, 2.75) is 46.1 Å². The van der Waals surface area contributed by atoms with E-state index in [-0.39, 0.29) is 29.7 Å². The largest absolute Gasteiger partial charge is 0.488 e. The van der Waals surface area contributed by atoms with E-state index in [9.17, 15) is 14.4 Å². The maximum absolute atomic E-state index is 13.4. The number of rotatable bonds is 5. The van der Waals surface area contributed by atoms with E-state index in [2.05, 4.69) is 6.58 Å². The van der Waals surface area contributed by atoms with Crippen LogP contribution in [0.3, 0.4) is 0 Å². The Hall–Kier alpha value is -3.61. The Balaban J connectivity index is 1.45. The summed E-state index contributed by atoms with van der Waals surface area (Å²) in [7, 11) is 0. The maximum Gasteiger partial charge on any atom is 0.340 e. The van der Waals surface area contributed by atoms with E-state index in [1.807, 2.05) is 48.4 Å². The molecule has 0 spiro atoms. The van der Waals surface area contributed by atoms with Crippen molar-refractivity contribution in [1.82, 2.24) is 9.47 Å². The summed E-state index contributed by atoms with van der Waals surface area (Å²) in [6.45, 7) is 11.6. The number of benzene rings is 1. The van der Waals surface area contributed by atoms with Gasteiger partial charge in [-0.3, -0.25) is 9.59 Å². The van der Waals surface area contributed by atoms with Gasteiger partial charge in [0.05, 0.1) is 17.4 Å². The predicted molar refractivity (Wildman–Crippen MR) is 134 cm³/mol. The zero-order valence-electron chi connectivity index (χ0n) is 20.4. The van der Waals surface area contributed by atoms with Crippen LogP contribution in [0.1, 0.15) is 41.6 Å². The molecule has 0 N–H and O–H groups in total. The lowest BCUT2D eigenvalue weighted by molar-refractivity contribution is -0.133. The van der Waals surface area contributed by atoms with Crippen LogP contribution >= 0.6 is 0 Å². The van der Waals surface area contributed by atoms with Crippen molar-refractivity contribution in [3.63, 3.8) is 0 Å². The van der Waals surface area contributed by atoms with Gasteiger partial charge in [-0.25, -0.2) is 4.79 Å². The van der Waals surface area contributed by atoms with Crippen molar-refractivity contribution < 1.29 is 13.9 Å². The first-order chi connectivity index (χ1) is 16.7. The highest BCUT2D eigenvalue weighted by Gasteiger charge is 2.36. The number of hydrogen-bond donors (Lipinski definition) is 0. The lowest BCUT2D eigenvalue weighted by Crippen LogP contribution is -2.49.